The Morgan fingerprint density at radius 1 is 1.56 bits per heavy atom. The summed E-state index contributed by atoms with van der Waals surface area (Å²) in [4.78, 5) is 12.9. The number of carbonyl (C=O) groups excluding carboxylic acids is 1. The number of hydrogen-bond donors (Lipinski definition) is 2. The minimum atomic E-state index is 0.130. The van der Waals surface area contributed by atoms with Crippen LogP contribution < -0.4 is 11.1 Å². The van der Waals surface area contributed by atoms with Gasteiger partial charge in [-0.1, -0.05) is 13.3 Å². The summed E-state index contributed by atoms with van der Waals surface area (Å²) < 4.78 is 1.07. The number of hydrogen-bond acceptors (Lipinski definition) is 3. The van der Waals surface area contributed by atoms with Crippen LogP contribution in [0.1, 0.15) is 37.5 Å². The maximum Gasteiger partial charge on any atom is 0.220 e. The molecule has 3 nitrogen and oxygen atoms in total. The molecule has 0 spiro atoms. The lowest BCUT2D eigenvalue weighted by Gasteiger charge is -2.13. The summed E-state index contributed by atoms with van der Waals surface area (Å²) in [6.07, 6.45) is 3.65. The van der Waals surface area contributed by atoms with Crippen molar-refractivity contribution in [1.29, 1.82) is 0 Å². The molecule has 1 unspecified atom stereocenters. The van der Waals surface area contributed by atoms with Gasteiger partial charge >= 0.3 is 0 Å². The third-order valence-electron chi connectivity index (χ3n) is 3.07. The molecule has 0 aliphatic carbocycles. The van der Waals surface area contributed by atoms with Crippen LogP contribution in [0.4, 0.5) is 0 Å². The number of halogens is 1. The highest BCUT2D eigenvalue weighted by Gasteiger charge is 2.09. The summed E-state index contributed by atoms with van der Waals surface area (Å²) in [6.45, 7) is 3.48. The van der Waals surface area contributed by atoms with Crippen molar-refractivity contribution in [3.63, 3.8) is 0 Å². The largest absolute Gasteiger partial charge is 0.351 e. The standard InChI is InChI=1S/C13H21BrN2OS/c1-2-10(5-7-15)3-4-13(17)16-9-12-11(14)6-8-18-12/h6,8,10H,2-5,7,9,15H2,1H3,(H,16,17). The first-order valence-electron chi connectivity index (χ1n) is 6.36. The summed E-state index contributed by atoms with van der Waals surface area (Å²) in [7, 11) is 0. The van der Waals surface area contributed by atoms with Gasteiger partial charge in [0.15, 0.2) is 0 Å². The van der Waals surface area contributed by atoms with Gasteiger partial charge in [-0.3, -0.25) is 4.79 Å². The molecule has 0 aliphatic heterocycles. The Balaban J connectivity index is 2.23. The normalized spacial score (nSPS) is 12.4. The van der Waals surface area contributed by atoms with E-state index in [1.54, 1.807) is 11.3 Å². The Labute approximate surface area is 121 Å². The van der Waals surface area contributed by atoms with E-state index >= 15 is 0 Å². The van der Waals surface area contributed by atoms with Gasteiger partial charge in [0.2, 0.25) is 5.91 Å². The van der Waals surface area contributed by atoms with Gasteiger partial charge in [-0.05, 0) is 52.7 Å². The highest BCUT2D eigenvalue weighted by Crippen LogP contribution is 2.22. The number of rotatable bonds is 8. The van der Waals surface area contributed by atoms with Gasteiger partial charge < -0.3 is 11.1 Å². The fourth-order valence-electron chi connectivity index (χ4n) is 1.84. The van der Waals surface area contributed by atoms with E-state index in [-0.39, 0.29) is 5.91 Å². The van der Waals surface area contributed by atoms with Gasteiger partial charge in [0, 0.05) is 15.8 Å². The van der Waals surface area contributed by atoms with Crippen LogP contribution in [-0.2, 0) is 11.3 Å². The quantitative estimate of drug-likeness (QED) is 0.767. The van der Waals surface area contributed by atoms with Gasteiger partial charge in [-0.25, -0.2) is 0 Å². The van der Waals surface area contributed by atoms with E-state index < -0.39 is 0 Å². The molecule has 0 saturated heterocycles. The summed E-state index contributed by atoms with van der Waals surface area (Å²) in [5, 5.41) is 4.97. The SMILES string of the molecule is CCC(CCN)CCC(=O)NCc1sccc1Br. The lowest BCUT2D eigenvalue weighted by Crippen LogP contribution is -2.23. The molecule has 0 radical (unpaired) electrons. The highest BCUT2D eigenvalue weighted by molar-refractivity contribution is 9.10. The molecular weight excluding hydrogens is 312 g/mol. The van der Waals surface area contributed by atoms with Crippen molar-refractivity contribution in [1.82, 2.24) is 5.32 Å². The van der Waals surface area contributed by atoms with Gasteiger partial charge in [-0.2, -0.15) is 0 Å². The second-order valence-corrected chi connectivity index (χ2v) is 6.21. The maximum atomic E-state index is 11.7. The minimum absolute atomic E-state index is 0.130. The zero-order chi connectivity index (χ0) is 13.4. The Bertz CT molecular complexity index is 368. The lowest BCUT2D eigenvalue weighted by molar-refractivity contribution is -0.121. The Morgan fingerprint density at radius 3 is 2.89 bits per heavy atom. The van der Waals surface area contributed by atoms with Crippen molar-refractivity contribution in [3.05, 3.63) is 20.8 Å². The summed E-state index contributed by atoms with van der Waals surface area (Å²) in [5.41, 5.74) is 5.55. The molecule has 1 amide bonds. The fraction of sp³-hybridized carbons (Fsp3) is 0.615. The molecule has 0 aliphatic rings. The molecule has 1 atom stereocenters. The van der Waals surface area contributed by atoms with Crippen LogP contribution in [0.5, 0.6) is 0 Å². The number of amides is 1. The van der Waals surface area contributed by atoms with Crippen LogP contribution in [0.2, 0.25) is 0 Å². The topological polar surface area (TPSA) is 55.1 Å². The molecule has 1 aromatic heterocycles. The number of thiophene rings is 1. The number of nitrogens with two attached hydrogens (primary N) is 1. The summed E-state index contributed by atoms with van der Waals surface area (Å²) in [6, 6.07) is 2.00. The minimum Gasteiger partial charge on any atom is -0.351 e. The van der Waals surface area contributed by atoms with E-state index in [0.29, 0.717) is 25.4 Å². The molecule has 3 N–H and O–H groups in total. The molecule has 18 heavy (non-hydrogen) atoms. The predicted octanol–water partition coefficient (Wildman–Crippen LogP) is 3.28. The first kappa shape index (κ1) is 15.7. The zero-order valence-electron chi connectivity index (χ0n) is 10.7. The number of nitrogens with one attached hydrogen (secondary N) is 1. The Kier molecular flexibility index (Phi) is 7.54. The molecule has 0 bridgehead atoms. The van der Waals surface area contributed by atoms with Gasteiger partial charge in [0.1, 0.15) is 0 Å². The van der Waals surface area contributed by atoms with Crippen molar-refractivity contribution >= 4 is 33.2 Å². The van der Waals surface area contributed by atoms with Crippen LogP contribution in [0.25, 0.3) is 0 Å². The van der Waals surface area contributed by atoms with E-state index in [0.717, 1.165) is 28.6 Å². The molecule has 0 aromatic carbocycles. The van der Waals surface area contributed by atoms with Crippen molar-refractivity contribution in [2.24, 2.45) is 11.7 Å². The molecule has 1 heterocycles. The maximum absolute atomic E-state index is 11.7. The average molecular weight is 333 g/mol. The molecule has 0 fully saturated rings. The van der Waals surface area contributed by atoms with Crippen molar-refractivity contribution in [2.75, 3.05) is 6.54 Å². The van der Waals surface area contributed by atoms with Crippen molar-refractivity contribution in [3.8, 4) is 0 Å². The molecule has 1 rings (SSSR count). The van der Waals surface area contributed by atoms with Crippen LogP contribution in [0.15, 0.2) is 15.9 Å². The Hall–Kier alpha value is -0.390. The van der Waals surface area contributed by atoms with Crippen LogP contribution in [-0.4, -0.2) is 12.5 Å². The second-order valence-electron chi connectivity index (χ2n) is 4.36. The van der Waals surface area contributed by atoms with E-state index in [1.165, 1.54) is 0 Å². The smallest absolute Gasteiger partial charge is 0.220 e. The van der Waals surface area contributed by atoms with E-state index in [9.17, 15) is 4.79 Å². The Morgan fingerprint density at radius 2 is 2.33 bits per heavy atom. The molecule has 102 valence electrons. The van der Waals surface area contributed by atoms with Crippen molar-refractivity contribution < 1.29 is 4.79 Å². The van der Waals surface area contributed by atoms with E-state index in [2.05, 4.69) is 28.2 Å². The fourth-order valence-corrected chi connectivity index (χ4v) is 3.27. The third kappa shape index (κ3) is 5.50. The highest BCUT2D eigenvalue weighted by atomic mass is 79.9. The predicted molar refractivity (Wildman–Crippen MR) is 80.6 cm³/mol. The summed E-state index contributed by atoms with van der Waals surface area (Å²) in [5.74, 6) is 0.708. The first-order chi connectivity index (χ1) is 8.67. The third-order valence-corrected chi connectivity index (χ3v) is 5.00. The first-order valence-corrected chi connectivity index (χ1v) is 8.03. The van der Waals surface area contributed by atoms with Gasteiger partial charge in [-0.15, -0.1) is 11.3 Å². The van der Waals surface area contributed by atoms with Crippen molar-refractivity contribution in [2.45, 2.75) is 39.2 Å². The summed E-state index contributed by atoms with van der Waals surface area (Å²) >= 11 is 5.11. The lowest BCUT2D eigenvalue weighted by atomic mass is 9.96. The molecular formula is C13H21BrN2OS. The molecule has 0 saturated carbocycles. The van der Waals surface area contributed by atoms with Crippen LogP contribution >= 0.6 is 27.3 Å². The van der Waals surface area contributed by atoms with Crippen LogP contribution in [0.3, 0.4) is 0 Å². The second kappa shape index (κ2) is 8.67. The number of carbonyl (C=O) groups is 1. The van der Waals surface area contributed by atoms with Gasteiger partial charge in [0.05, 0.1) is 6.54 Å². The monoisotopic (exact) mass is 332 g/mol. The molecule has 5 heteroatoms. The average Bonchev–Trinajstić information content (AvgIpc) is 2.77. The van der Waals surface area contributed by atoms with Crippen LogP contribution in [0, 0.1) is 5.92 Å². The zero-order valence-corrected chi connectivity index (χ0v) is 13.1. The van der Waals surface area contributed by atoms with E-state index in [1.807, 2.05) is 11.4 Å². The molecule has 1 aromatic rings. The van der Waals surface area contributed by atoms with Gasteiger partial charge in [0.25, 0.3) is 0 Å². The van der Waals surface area contributed by atoms with E-state index in [4.69, 9.17) is 5.73 Å².